The van der Waals surface area contributed by atoms with E-state index in [2.05, 4.69) is 24.3 Å². The predicted molar refractivity (Wildman–Crippen MR) is 72.6 cm³/mol. The molecular weight excluding hydrogens is 220 g/mol. The molecule has 0 aliphatic carbocycles. The molecule has 0 N–H and O–H groups in total. The lowest BCUT2D eigenvalue weighted by Crippen LogP contribution is -2.17. The second kappa shape index (κ2) is 5.23. The summed E-state index contributed by atoms with van der Waals surface area (Å²) in [5, 5.41) is 18.2. The highest BCUT2D eigenvalue weighted by Gasteiger charge is 2.22. The standard InChI is InChI=1S/C16H20N2/c1-15(2,11-17)9-13-7-5-6-8-14(13)10-16(3,4)12-18/h5-8H,9-10H2,1-4H3. The fourth-order valence-electron chi connectivity index (χ4n) is 1.93. The molecule has 0 aliphatic rings. The van der Waals surface area contributed by atoms with Gasteiger partial charge in [0.25, 0.3) is 0 Å². The van der Waals surface area contributed by atoms with Crippen LogP contribution in [0, 0.1) is 33.5 Å². The zero-order valence-corrected chi connectivity index (χ0v) is 11.6. The highest BCUT2D eigenvalue weighted by atomic mass is 14.3. The van der Waals surface area contributed by atoms with E-state index in [4.69, 9.17) is 10.5 Å². The van der Waals surface area contributed by atoms with Gasteiger partial charge in [-0.15, -0.1) is 0 Å². The maximum Gasteiger partial charge on any atom is 0.0687 e. The van der Waals surface area contributed by atoms with Crippen molar-refractivity contribution in [3.8, 4) is 12.1 Å². The van der Waals surface area contributed by atoms with Gasteiger partial charge in [0.15, 0.2) is 0 Å². The third-order valence-corrected chi connectivity index (χ3v) is 2.99. The summed E-state index contributed by atoms with van der Waals surface area (Å²) in [6, 6.07) is 12.8. The third-order valence-electron chi connectivity index (χ3n) is 2.99. The van der Waals surface area contributed by atoms with Crippen molar-refractivity contribution in [2.45, 2.75) is 40.5 Å². The molecule has 2 nitrogen and oxygen atoms in total. The average Bonchev–Trinajstić information content (AvgIpc) is 2.31. The molecule has 0 aromatic heterocycles. The maximum absolute atomic E-state index is 9.12. The summed E-state index contributed by atoms with van der Waals surface area (Å²) in [6.45, 7) is 7.77. The van der Waals surface area contributed by atoms with Gasteiger partial charge in [-0.3, -0.25) is 0 Å². The molecule has 0 amide bonds. The number of benzene rings is 1. The van der Waals surface area contributed by atoms with Gasteiger partial charge in [0.1, 0.15) is 0 Å². The van der Waals surface area contributed by atoms with Gasteiger partial charge in [-0.1, -0.05) is 24.3 Å². The van der Waals surface area contributed by atoms with Gasteiger partial charge in [-0.25, -0.2) is 0 Å². The first-order valence-corrected chi connectivity index (χ1v) is 6.19. The van der Waals surface area contributed by atoms with Crippen molar-refractivity contribution < 1.29 is 0 Å². The molecule has 1 aromatic rings. The minimum atomic E-state index is -0.368. The topological polar surface area (TPSA) is 47.6 Å². The lowest BCUT2D eigenvalue weighted by atomic mass is 9.81. The van der Waals surface area contributed by atoms with Gasteiger partial charge in [-0.05, 0) is 51.7 Å². The SMILES string of the molecule is CC(C)(C#N)Cc1ccccc1CC(C)(C)C#N. The molecule has 0 bridgehead atoms. The highest BCUT2D eigenvalue weighted by Crippen LogP contribution is 2.27. The number of hydrogen-bond donors (Lipinski definition) is 0. The van der Waals surface area contributed by atoms with E-state index in [1.54, 1.807) is 0 Å². The Kier molecular flexibility index (Phi) is 4.15. The van der Waals surface area contributed by atoms with Crippen LogP contribution in [0.15, 0.2) is 24.3 Å². The fraction of sp³-hybridized carbons (Fsp3) is 0.500. The molecule has 0 unspecified atom stereocenters. The summed E-state index contributed by atoms with van der Waals surface area (Å²) in [7, 11) is 0. The van der Waals surface area contributed by atoms with Crippen LogP contribution >= 0.6 is 0 Å². The predicted octanol–water partition coefficient (Wildman–Crippen LogP) is 3.87. The summed E-state index contributed by atoms with van der Waals surface area (Å²) in [5.41, 5.74) is 1.61. The Bertz CT molecular complexity index is 452. The zero-order chi connectivity index (χ0) is 13.8. The average molecular weight is 240 g/mol. The molecule has 0 aliphatic heterocycles. The van der Waals surface area contributed by atoms with Crippen LogP contribution in [0.25, 0.3) is 0 Å². The van der Waals surface area contributed by atoms with Crippen molar-refractivity contribution >= 4 is 0 Å². The molecule has 0 saturated heterocycles. The van der Waals surface area contributed by atoms with Crippen LogP contribution in [0.1, 0.15) is 38.8 Å². The van der Waals surface area contributed by atoms with Crippen molar-refractivity contribution in [3.63, 3.8) is 0 Å². The molecular formula is C16H20N2. The van der Waals surface area contributed by atoms with Crippen LogP contribution in [-0.2, 0) is 12.8 Å². The quantitative estimate of drug-likeness (QED) is 0.802. The van der Waals surface area contributed by atoms with Gasteiger partial charge in [0.05, 0.1) is 23.0 Å². The molecule has 1 rings (SSSR count). The Morgan fingerprint density at radius 1 is 0.833 bits per heavy atom. The van der Waals surface area contributed by atoms with E-state index < -0.39 is 0 Å². The van der Waals surface area contributed by atoms with Crippen molar-refractivity contribution in [3.05, 3.63) is 35.4 Å². The van der Waals surface area contributed by atoms with Crippen molar-refractivity contribution in [2.24, 2.45) is 10.8 Å². The monoisotopic (exact) mass is 240 g/mol. The molecule has 18 heavy (non-hydrogen) atoms. The molecule has 94 valence electrons. The van der Waals surface area contributed by atoms with E-state index in [9.17, 15) is 0 Å². The second-order valence-corrected chi connectivity index (χ2v) is 6.11. The van der Waals surface area contributed by atoms with Crippen LogP contribution in [-0.4, -0.2) is 0 Å². The van der Waals surface area contributed by atoms with E-state index >= 15 is 0 Å². The summed E-state index contributed by atoms with van der Waals surface area (Å²) < 4.78 is 0. The number of rotatable bonds is 4. The fourth-order valence-corrected chi connectivity index (χ4v) is 1.93. The number of hydrogen-bond acceptors (Lipinski definition) is 2. The van der Waals surface area contributed by atoms with E-state index in [-0.39, 0.29) is 10.8 Å². The molecule has 0 atom stereocenters. The highest BCUT2D eigenvalue weighted by molar-refractivity contribution is 5.30. The first-order valence-electron chi connectivity index (χ1n) is 6.19. The first kappa shape index (κ1) is 14.3. The first-order chi connectivity index (χ1) is 8.29. The second-order valence-electron chi connectivity index (χ2n) is 6.11. The molecule has 0 radical (unpaired) electrons. The van der Waals surface area contributed by atoms with Crippen LogP contribution in [0.5, 0.6) is 0 Å². The summed E-state index contributed by atoms with van der Waals surface area (Å²) in [6.07, 6.45) is 1.45. The summed E-state index contributed by atoms with van der Waals surface area (Å²) in [4.78, 5) is 0. The van der Waals surface area contributed by atoms with Crippen molar-refractivity contribution in [1.82, 2.24) is 0 Å². The number of nitriles is 2. The molecule has 0 spiro atoms. The van der Waals surface area contributed by atoms with E-state index in [1.807, 2.05) is 39.8 Å². The van der Waals surface area contributed by atoms with Gasteiger partial charge in [-0.2, -0.15) is 10.5 Å². The lowest BCUT2D eigenvalue weighted by Gasteiger charge is -2.21. The zero-order valence-electron chi connectivity index (χ0n) is 11.6. The Morgan fingerprint density at radius 3 is 1.44 bits per heavy atom. The largest absolute Gasteiger partial charge is 0.198 e. The Morgan fingerprint density at radius 2 is 1.17 bits per heavy atom. The molecule has 0 heterocycles. The normalized spacial score (nSPS) is 11.7. The summed E-state index contributed by atoms with van der Waals surface area (Å²) >= 11 is 0. The lowest BCUT2D eigenvalue weighted by molar-refractivity contribution is 0.471. The van der Waals surface area contributed by atoms with Gasteiger partial charge in [0, 0.05) is 0 Å². The minimum absolute atomic E-state index is 0.368. The third kappa shape index (κ3) is 3.90. The van der Waals surface area contributed by atoms with Gasteiger partial charge >= 0.3 is 0 Å². The van der Waals surface area contributed by atoms with Crippen LogP contribution < -0.4 is 0 Å². The number of nitrogens with zero attached hydrogens (tertiary/aromatic N) is 2. The van der Waals surface area contributed by atoms with E-state index in [0.717, 1.165) is 12.8 Å². The molecule has 1 aromatic carbocycles. The van der Waals surface area contributed by atoms with Crippen molar-refractivity contribution in [1.29, 1.82) is 10.5 Å². The van der Waals surface area contributed by atoms with Crippen LogP contribution in [0.3, 0.4) is 0 Å². The van der Waals surface area contributed by atoms with Gasteiger partial charge < -0.3 is 0 Å². The Balaban J connectivity index is 3.02. The van der Waals surface area contributed by atoms with Crippen LogP contribution in [0.2, 0.25) is 0 Å². The van der Waals surface area contributed by atoms with Gasteiger partial charge in [0.2, 0.25) is 0 Å². The Labute approximate surface area is 110 Å². The Hall–Kier alpha value is -1.80. The summed E-state index contributed by atoms with van der Waals surface area (Å²) in [5.74, 6) is 0. The van der Waals surface area contributed by atoms with E-state index in [0.29, 0.717) is 0 Å². The van der Waals surface area contributed by atoms with Crippen LogP contribution in [0.4, 0.5) is 0 Å². The maximum atomic E-state index is 9.12. The smallest absolute Gasteiger partial charge is 0.0687 e. The molecule has 0 saturated carbocycles. The van der Waals surface area contributed by atoms with Crippen molar-refractivity contribution in [2.75, 3.05) is 0 Å². The molecule has 0 fully saturated rings. The van der Waals surface area contributed by atoms with E-state index in [1.165, 1.54) is 11.1 Å². The molecule has 2 heteroatoms. The minimum Gasteiger partial charge on any atom is -0.198 e.